The summed E-state index contributed by atoms with van der Waals surface area (Å²) < 4.78 is 0. The number of nitrogens with zero attached hydrogens (tertiary/aromatic N) is 2. The van der Waals surface area contributed by atoms with Gasteiger partial charge in [-0.15, -0.1) is 0 Å². The van der Waals surface area contributed by atoms with E-state index < -0.39 is 41.9 Å². The number of nitrogens with one attached hydrogen (secondary N) is 3. The number of amides is 5. The summed E-state index contributed by atoms with van der Waals surface area (Å²) in [6.45, 7) is 5.52. The second-order valence-corrected chi connectivity index (χ2v) is 10.8. The Balaban J connectivity index is 1.76. The Bertz CT molecular complexity index is 1280. The molecule has 1 saturated heterocycles. The Morgan fingerprint density at radius 3 is 2.25 bits per heavy atom. The van der Waals surface area contributed by atoms with Crippen LogP contribution in [0.15, 0.2) is 54.6 Å². The standard InChI is InChI=1S/C30H37N5O5/c1-18(2)25-28(38)32-22-14-9-8-13-21(22)29(39)35-16-10-15-23(35)30(40)34(4)24(17-20-11-6-5-7-12-20)27(37)31-19(3)26(36)33-25/h5-9,11-14,18-19,23-25H,10,15-17H2,1-4H3,(H,31,37)(H,32,38)(H,33,36)/t19-,23+,24-,25+/m1/s1. The maximum absolute atomic E-state index is 13.8. The highest BCUT2D eigenvalue weighted by atomic mass is 16.2. The number of likely N-dealkylation sites (N-methyl/N-ethyl adjacent to an activating group) is 1. The number of fused-ring (bicyclic) bond motifs is 2. The first-order chi connectivity index (χ1) is 19.1. The van der Waals surface area contributed by atoms with Crippen LogP contribution in [0.3, 0.4) is 0 Å². The fourth-order valence-electron chi connectivity index (χ4n) is 5.23. The van der Waals surface area contributed by atoms with Gasteiger partial charge in [0.15, 0.2) is 0 Å². The minimum atomic E-state index is -0.965. The lowest BCUT2D eigenvalue weighted by molar-refractivity contribution is -0.142. The number of benzene rings is 2. The molecule has 0 bridgehead atoms. The largest absolute Gasteiger partial charge is 0.343 e. The first-order valence-corrected chi connectivity index (χ1v) is 13.7. The van der Waals surface area contributed by atoms with E-state index in [4.69, 9.17) is 0 Å². The first kappa shape index (κ1) is 28.8. The van der Waals surface area contributed by atoms with Crippen LogP contribution in [-0.2, 0) is 25.6 Å². The lowest BCUT2D eigenvalue weighted by Gasteiger charge is -2.34. The van der Waals surface area contributed by atoms with Crippen molar-refractivity contribution in [2.45, 2.75) is 64.2 Å². The number of hydrogen-bond donors (Lipinski definition) is 3. The second kappa shape index (κ2) is 12.3. The molecule has 0 aliphatic carbocycles. The van der Waals surface area contributed by atoms with Crippen LogP contribution in [-0.4, -0.2) is 77.1 Å². The summed E-state index contributed by atoms with van der Waals surface area (Å²) >= 11 is 0. The molecule has 2 aromatic rings. The van der Waals surface area contributed by atoms with Crippen molar-refractivity contribution in [3.05, 3.63) is 65.7 Å². The Morgan fingerprint density at radius 2 is 1.55 bits per heavy atom. The van der Waals surface area contributed by atoms with Crippen molar-refractivity contribution in [2.24, 2.45) is 5.92 Å². The lowest BCUT2D eigenvalue weighted by atomic mass is 10.0. The van der Waals surface area contributed by atoms with Crippen molar-refractivity contribution in [1.29, 1.82) is 0 Å². The number of anilines is 1. The molecule has 2 heterocycles. The average molecular weight is 548 g/mol. The maximum atomic E-state index is 13.8. The van der Waals surface area contributed by atoms with Gasteiger partial charge in [0, 0.05) is 20.0 Å². The summed E-state index contributed by atoms with van der Waals surface area (Å²) in [6, 6.07) is 12.4. The predicted octanol–water partition coefficient (Wildman–Crippen LogP) is 1.96. The van der Waals surface area contributed by atoms with E-state index in [-0.39, 0.29) is 29.7 Å². The zero-order valence-corrected chi connectivity index (χ0v) is 23.3. The van der Waals surface area contributed by atoms with Crippen LogP contribution < -0.4 is 16.0 Å². The van der Waals surface area contributed by atoms with Gasteiger partial charge in [0.2, 0.25) is 23.6 Å². The smallest absolute Gasteiger partial charge is 0.256 e. The molecule has 10 nitrogen and oxygen atoms in total. The Hall–Kier alpha value is -4.21. The van der Waals surface area contributed by atoms with Crippen molar-refractivity contribution in [3.8, 4) is 0 Å². The summed E-state index contributed by atoms with van der Waals surface area (Å²) in [6.07, 6.45) is 1.31. The van der Waals surface area contributed by atoms with Gasteiger partial charge in [-0.1, -0.05) is 56.3 Å². The van der Waals surface area contributed by atoms with E-state index in [1.54, 1.807) is 52.1 Å². The monoisotopic (exact) mass is 547 g/mol. The van der Waals surface area contributed by atoms with Crippen molar-refractivity contribution in [3.63, 3.8) is 0 Å². The quantitative estimate of drug-likeness (QED) is 0.541. The van der Waals surface area contributed by atoms with Gasteiger partial charge in [-0.25, -0.2) is 0 Å². The molecule has 40 heavy (non-hydrogen) atoms. The molecule has 2 aliphatic heterocycles. The van der Waals surface area contributed by atoms with Crippen molar-refractivity contribution >= 4 is 35.2 Å². The van der Waals surface area contributed by atoms with Gasteiger partial charge in [-0.3, -0.25) is 24.0 Å². The molecule has 0 saturated carbocycles. The number of carbonyl (C=O) groups is 5. The van der Waals surface area contributed by atoms with Crippen LogP contribution in [0.1, 0.15) is 49.5 Å². The van der Waals surface area contributed by atoms with E-state index in [0.29, 0.717) is 25.1 Å². The number of rotatable bonds is 3. The molecule has 2 aromatic carbocycles. The Labute approximate surface area is 234 Å². The number of carbonyl (C=O) groups excluding carboxylic acids is 5. The molecule has 3 N–H and O–H groups in total. The highest BCUT2D eigenvalue weighted by Gasteiger charge is 2.40. The minimum absolute atomic E-state index is 0.226. The van der Waals surface area contributed by atoms with E-state index in [0.717, 1.165) is 5.56 Å². The van der Waals surface area contributed by atoms with Gasteiger partial charge in [0.1, 0.15) is 24.2 Å². The van der Waals surface area contributed by atoms with Gasteiger partial charge < -0.3 is 25.8 Å². The Kier molecular flexibility index (Phi) is 8.86. The zero-order valence-electron chi connectivity index (χ0n) is 23.3. The minimum Gasteiger partial charge on any atom is -0.343 e. The highest BCUT2D eigenvalue weighted by Crippen LogP contribution is 2.26. The molecular weight excluding hydrogens is 510 g/mol. The summed E-state index contributed by atoms with van der Waals surface area (Å²) in [5.41, 5.74) is 1.41. The van der Waals surface area contributed by atoms with Crippen LogP contribution in [0, 0.1) is 5.92 Å². The molecule has 1 fully saturated rings. The van der Waals surface area contributed by atoms with Crippen LogP contribution in [0.4, 0.5) is 5.69 Å². The van der Waals surface area contributed by atoms with E-state index >= 15 is 0 Å². The molecule has 0 aromatic heterocycles. The first-order valence-electron chi connectivity index (χ1n) is 13.7. The SMILES string of the molecule is CC(C)[C@@H]1NC(=O)[C@@H](C)NC(=O)[C@@H](Cc2ccccc2)N(C)C(=O)[C@@H]2CCCN2C(=O)c2ccccc2NC1=O. The number of para-hydroxylation sites is 1. The van der Waals surface area contributed by atoms with Gasteiger partial charge in [0.05, 0.1) is 11.3 Å². The molecule has 0 radical (unpaired) electrons. The maximum Gasteiger partial charge on any atom is 0.256 e. The van der Waals surface area contributed by atoms with Crippen molar-refractivity contribution < 1.29 is 24.0 Å². The third kappa shape index (κ3) is 6.16. The molecule has 10 heteroatoms. The second-order valence-electron chi connectivity index (χ2n) is 10.8. The molecule has 4 atom stereocenters. The third-order valence-electron chi connectivity index (χ3n) is 7.60. The predicted molar refractivity (Wildman–Crippen MR) is 150 cm³/mol. The molecular formula is C30H37N5O5. The summed E-state index contributed by atoms with van der Waals surface area (Å²) in [7, 11) is 1.56. The normalized spacial score (nSPS) is 24.8. The van der Waals surface area contributed by atoms with Gasteiger partial charge in [0.25, 0.3) is 5.91 Å². The van der Waals surface area contributed by atoms with Crippen LogP contribution in [0.25, 0.3) is 0 Å². The fourth-order valence-corrected chi connectivity index (χ4v) is 5.23. The van der Waals surface area contributed by atoms with E-state index in [2.05, 4.69) is 16.0 Å². The topological polar surface area (TPSA) is 128 Å². The van der Waals surface area contributed by atoms with Gasteiger partial charge >= 0.3 is 0 Å². The molecule has 4 rings (SSSR count). The van der Waals surface area contributed by atoms with Crippen LogP contribution in [0.2, 0.25) is 0 Å². The molecule has 212 valence electrons. The fraction of sp³-hybridized carbons (Fsp3) is 0.433. The molecule has 0 unspecified atom stereocenters. The van der Waals surface area contributed by atoms with E-state index in [9.17, 15) is 24.0 Å². The van der Waals surface area contributed by atoms with Crippen molar-refractivity contribution in [2.75, 3.05) is 18.9 Å². The van der Waals surface area contributed by atoms with Crippen molar-refractivity contribution in [1.82, 2.24) is 20.4 Å². The molecule has 2 aliphatic rings. The number of hydrogen-bond acceptors (Lipinski definition) is 5. The van der Waals surface area contributed by atoms with Gasteiger partial charge in [-0.05, 0) is 43.4 Å². The van der Waals surface area contributed by atoms with Crippen LogP contribution >= 0.6 is 0 Å². The summed E-state index contributed by atoms with van der Waals surface area (Å²) in [5, 5.41) is 8.27. The summed E-state index contributed by atoms with van der Waals surface area (Å²) in [4.78, 5) is 70.5. The third-order valence-corrected chi connectivity index (χ3v) is 7.60. The molecule has 0 spiro atoms. The van der Waals surface area contributed by atoms with Gasteiger partial charge in [-0.2, -0.15) is 0 Å². The van der Waals surface area contributed by atoms with E-state index in [1.165, 1.54) is 9.80 Å². The zero-order chi connectivity index (χ0) is 29.0. The highest BCUT2D eigenvalue weighted by molar-refractivity contribution is 6.07. The lowest BCUT2D eigenvalue weighted by Crippen LogP contribution is -2.58. The Morgan fingerprint density at radius 1 is 0.875 bits per heavy atom. The van der Waals surface area contributed by atoms with Crippen LogP contribution in [0.5, 0.6) is 0 Å². The molecule has 5 amide bonds. The summed E-state index contributed by atoms with van der Waals surface area (Å²) in [5.74, 6) is -2.52. The average Bonchev–Trinajstić information content (AvgIpc) is 3.43. The van der Waals surface area contributed by atoms with E-state index in [1.807, 2.05) is 30.3 Å².